The summed E-state index contributed by atoms with van der Waals surface area (Å²) in [5.74, 6) is 0.297. The van der Waals surface area contributed by atoms with Crippen molar-refractivity contribution in [3.63, 3.8) is 0 Å². The van der Waals surface area contributed by atoms with E-state index in [1.165, 1.54) is 6.07 Å². The van der Waals surface area contributed by atoms with Gasteiger partial charge in [-0.05, 0) is 68.4 Å². The number of hydrogen-bond acceptors (Lipinski definition) is 5. The smallest absolute Gasteiger partial charge is 0.271 e. The molecule has 2 aromatic heterocycles. The van der Waals surface area contributed by atoms with Gasteiger partial charge in [-0.25, -0.2) is 13.9 Å². The van der Waals surface area contributed by atoms with Gasteiger partial charge in [0, 0.05) is 12.6 Å². The fourth-order valence-corrected chi connectivity index (χ4v) is 4.75. The molecule has 3 heterocycles. The highest BCUT2D eigenvalue weighted by Gasteiger charge is 2.28. The summed E-state index contributed by atoms with van der Waals surface area (Å²) in [7, 11) is 0. The third-order valence-electron chi connectivity index (χ3n) is 6.39. The minimum absolute atomic E-state index is 0.0510. The van der Waals surface area contributed by atoms with E-state index in [0.717, 1.165) is 43.6 Å². The summed E-state index contributed by atoms with van der Waals surface area (Å²) in [4.78, 5) is 19.4. The van der Waals surface area contributed by atoms with Gasteiger partial charge in [0.05, 0.1) is 18.3 Å². The first kappa shape index (κ1) is 19.9. The Morgan fingerprint density at radius 2 is 1.97 bits per heavy atom. The maximum absolute atomic E-state index is 13.8. The summed E-state index contributed by atoms with van der Waals surface area (Å²) < 4.78 is 15.4. The van der Waals surface area contributed by atoms with Gasteiger partial charge in [-0.15, -0.1) is 5.10 Å². The van der Waals surface area contributed by atoms with Crippen LogP contribution in [-0.2, 0) is 0 Å². The molecule has 2 N–H and O–H groups in total. The Bertz CT molecular complexity index is 1090. The Hall–Kier alpha value is -3.00. The molecule has 2 aliphatic rings. The van der Waals surface area contributed by atoms with E-state index in [1.54, 1.807) is 22.8 Å². The van der Waals surface area contributed by atoms with E-state index in [1.807, 2.05) is 18.2 Å². The van der Waals surface area contributed by atoms with Crippen LogP contribution in [0.15, 0.2) is 42.6 Å². The van der Waals surface area contributed by atoms with Crippen LogP contribution in [0, 0.1) is 5.82 Å². The van der Waals surface area contributed by atoms with Crippen LogP contribution in [0.2, 0.25) is 0 Å². The maximum atomic E-state index is 13.8. The number of benzene rings is 1. The molecule has 3 aromatic rings. The summed E-state index contributed by atoms with van der Waals surface area (Å²) in [6.45, 7) is 0.820. The van der Waals surface area contributed by atoms with Gasteiger partial charge in [0.2, 0.25) is 0 Å². The zero-order chi connectivity index (χ0) is 21.4. The number of aromatic nitrogens is 3. The summed E-state index contributed by atoms with van der Waals surface area (Å²) in [5, 5.41) is 17.5. The lowest BCUT2D eigenvalue weighted by molar-refractivity contribution is 0.0861. The number of carbonyl (C=O) groups is 1. The Kier molecular flexibility index (Phi) is 5.31. The number of carbonyl (C=O) groups excluding carboxylic acids is 1. The lowest BCUT2D eigenvalue weighted by atomic mass is 9.93. The molecule has 5 rings (SSSR count). The van der Waals surface area contributed by atoms with Gasteiger partial charge in [0.25, 0.3) is 5.91 Å². The molecule has 1 aliphatic carbocycles. The largest absolute Gasteiger partial charge is 0.393 e. The van der Waals surface area contributed by atoms with Crippen LogP contribution in [0.3, 0.4) is 0 Å². The predicted octanol–water partition coefficient (Wildman–Crippen LogP) is 3.24. The van der Waals surface area contributed by atoms with Crippen LogP contribution in [0.4, 0.5) is 10.2 Å². The normalized spacial score (nSPS) is 23.9. The highest BCUT2D eigenvalue weighted by Crippen LogP contribution is 2.35. The summed E-state index contributed by atoms with van der Waals surface area (Å²) in [6, 6.07) is 10.6. The van der Waals surface area contributed by atoms with Crippen LogP contribution < -0.4 is 10.2 Å². The molecular formula is C23H26FN5O2. The SMILES string of the molecule is O=C(N[C@H]1CC[C@@H](O)CC1)c1cnc2ccc(N3CCC[C@@H]3c3cccc(F)c3)nn12. The molecule has 1 amide bonds. The second kappa shape index (κ2) is 8.26. The van der Waals surface area contributed by atoms with Crippen LogP contribution in [-0.4, -0.2) is 44.3 Å². The van der Waals surface area contributed by atoms with Crippen molar-refractivity contribution in [2.24, 2.45) is 0 Å². The van der Waals surface area contributed by atoms with E-state index in [4.69, 9.17) is 5.10 Å². The van der Waals surface area contributed by atoms with Crippen LogP contribution in [0.1, 0.15) is 60.6 Å². The minimum atomic E-state index is -0.264. The topological polar surface area (TPSA) is 82.8 Å². The van der Waals surface area contributed by atoms with Crippen molar-refractivity contribution in [3.05, 3.63) is 59.7 Å². The minimum Gasteiger partial charge on any atom is -0.393 e. The molecule has 0 unspecified atom stereocenters. The summed E-state index contributed by atoms with van der Waals surface area (Å²) >= 11 is 0. The quantitative estimate of drug-likeness (QED) is 0.673. The van der Waals surface area contributed by atoms with E-state index in [0.29, 0.717) is 24.2 Å². The van der Waals surface area contributed by atoms with E-state index in [-0.39, 0.29) is 29.9 Å². The number of aliphatic hydroxyl groups excluding tert-OH is 1. The van der Waals surface area contributed by atoms with Crippen LogP contribution in [0.5, 0.6) is 0 Å². The summed E-state index contributed by atoms with van der Waals surface area (Å²) in [5.41, 5.74) is 1.93. The lowest BCUT2D eigenvalue weighted by Gasteiger charge is -2.26. The van der Waals surface area contributed by atoms with Gasteiger partial charge in [-0.1, -0.05) is 12.1 Å². The number of amides is 1. The molecule has 1 saturated heterocycles. The number of hydrogen-bond donors (Lipinski definition) is 2. The first-order chi connectivity index (χ1) is 15.1. The Morgan fingerprint density at radius 3 is 2.77 bits per heavy atom. The van der Waals surface area contributed by atoms with Gasteiger partial charge < -0.3 is 15.3 Å². The number of nitrogens with one attached hydrogen (secondary N) is 1. The maximum Gasteiger partial charge on any atom is 0.271 e. The monoisotopic (exact) mass is 423 g/mol. The van der Waals surface area contributed by atoms with Gasteiger partial charge in [-0.3, -0.25) is 4.79 Å². The first-order valence-electron chi connectivity index (χ1n) is 10.9. The van der Waals surface area contributed by atoms with Crippen LogP contribution in [0.25, 0.3) is 5.65 Å². The molecule has 7 nitrogen and oxygen atoms in total. The number of aliphatic hydroxyl groups is 1. The highest BCUT2D eigenvalue weighted by atomic mass is 19.1. The predicted molar refractivity (Wildman–Crippen MR) is 114 cm³/mol. The molecular weight excluding hydrogens is 397 g/mol. The fourth-order valence-electron chi connectivity index (χ4n) is 4.75. The Labute approximate surface area is 179 Å². The zero-order valence-electron chi connectivity index (χ0n) is 17.2. The van der Waals surface area contributed by atoms with Crippen molar-refractivity contribution in [1.29, 1.82) is 0 Å². The van der Waals surface area contributed by atoms with E-state index in [2.05, 4.69) is 15.2 Å². The van der Waals surface area contributed by atoms with Crippen molar-refractivity contribution in [2.75, 3.05) is 11.4 Å². The number of anilines is 1. The van der Waals surface area contributed by atoms with Crippen molar-refractivity contribution in [3.8, 4) is 0 Å². The fraction of sp³-hybridized carbons (Fsp3) is 0.435. The van der Waals surface area contributed by atoms with E-state index >= 15 is 0 Å². The molecule has 0 bridgehead atoms. The number of fused-ring (bicyclic) bond motifs is 1. The lowest BCUT2D eigenvalue weighted by Crippen LogP contribution is -2.39. The zero-order valence-corrected chi connectivity index (χ0v) is 17.2. The van der Waals surface area contributed by atoms with Crippen molar-refractivity contribution >= 4 is 17.4 Å². The average Bonchev–Trinajstić information content (AvgIpc) is 3.42. The second-order valence-corrected chi connectivity index (χ2v) is 8.49. The molecule has 1 saturated carbocycles. The molecule has 1 aliphatic heterocycles. The third-order valence-corrected chi connectivity index (χ3v) is 6.39. The highest BCUT2D eigenvalue weighted by molar-refractivity contribution is 5.93. The summed E-state index contributed by atoms with van der Waals surface area (Å²) in [6.07, 6.45) is 6.15. The Balaban J connectivity index is 1.40. The standard InChI is InChI=1S/C23H26FN5O2/c24-16-4-1-3-15(13-16)19-5-2-12-28(19)22-11-10-21-25-14-20(29(21)27-22)23(31)26-17-6-8-18(30)9-7-17/h1,3-4,10-11,13-14,17-19,30H,2,5-9,12H2,(H,26,31)/t17-,18+,19-/m1/s1. The van der Waals surface area contributed by atoms with E-state index in [9.17, 15) is 14.3 Å². The second-order valence-electron chi connectivity index (χ2n) is 8.49. The van der Waals surface area contributed by atoms with E-state index < -0.39 is 0 Å². The van der Waals surface area contributed by atoms with Gasteiger partial charge in [0.1, 0.15) is 11.6 Å². The molecule has 1 aromatic carbocycles. The molecule has 8 heteroatoms. The number of rotatable bonds is 4. The van der Waals surface area contributed by atoms with Crippen molar-refractivity contribution in [2.45, 2.75) is 56.7 Å². The van der Waals surface area contributed by atoms with Crippen molar-refractivity contribution < 1.29 is 14.3 Å². The molecule has 31 heavy (non-hydrogen) atoms. The Morgan fingerprint density at radius 1 is 1.13 bits per heavy atom. The average molecular weight is 423 g/mol. The van der Waals surface area contributed by atoms with Crippen LogP contribution >= 0.6 is 0 Å². The molecule has 0 spiro atoms. The van der Waals surface area contributed by atoms with Gasteiger partial charge in [-0.2, -0.15) is 0 Å². The van der Waals surface area contributed by atoms with Crippen molar-refractivity contribution in [1.82, 2.24) is 19.9 Å². The molecule has 162 valence electrons. The molecule has 0 radical (unpaired) electrons. The molecule has 1 atom stereocenters. The third kappa shape index (κ3) is 3.99. The number of imidazole rings is 1. The number of halogens is 1. The first-order valence-corrected chi connectivity index (χ1v) is 10.9. The molecule has 2 fully saturated rings. The van der Waals surface area contributed by atoms with Gasteiger partial charge in [0.15, 0.2) is 11.3 Å². The van der Waals surface area contributed by atoms with Gasteiger partial charge >= 0.3 is 0 Å². The number of nitrogens with zero attached hydrogens (tertiary/aromatic N) is 4.